The lowest BCUT2D eigenvalue weighted by atomic mass is 9.83. The molecule has 220 valence electrons. The van der Waals surface area contributed by atoms with Crippen LogP contribution in [0.3, 0.4) is 0 Å². The van der Waals surface area contributed by atoms with Crippen molar-refractivity contribution in [1.29, 1.82) is 0 Å². The molecule has 0 saturated carbocycles. The number of H-pyrrole nitrogens is 2. The molecule has 0 aliphatic heterocycles. The Morgan fingerprint density at radius 1 is 0.591 bits per heavy atom. The molecule has 3 heterocycles. The summed E-state index contributed by atoms with van der Waals surface area (Å²) in [4.78, 5) is 25.9. The van der Waals surface area contributed by atoms with Crippen LogP contribution in [0.4, 0.5) is 0 Å². The molecule has 0 amide bonds. The average Bonchev–Trinajstić information content (AvgIpc) is 3.70. The van der Waals surface area contributed by atoms with Gasteiger partial charge in [0.2, 0.25) is 5.78 Å². The molecule has 0 radical (unpaired) electrons. The zero-order valence-corrected chi connectivity index (χ0v) is 26.3. The third-order valence-electron chi connectivity index (χ3n) is 8.67. The molecule has 3 aromatic carbocycles. The van der Waals surface area contributed by atoms with Crippen molar-refractivity contribution < 1.29 is 4.79 Å². The molecule has 4 heteroatoms. The second-order valence-corrected chi connectivity index (χ2v) is 12.1. The largest absolute Gasteiger partial charge is 0.364 e. The van der Waals surface area contributed by atoms with Gasteiger partial charge in [-0.3, -0.25) is 9.78 Å². The summed E-state index contributed by atoms with van der Waals surface area (Å²) in [6.45, 7) is 13.0. The summed E-state index contributed by atoms with van der Waals surface area (Å²) in [5.74, 6) is -0.255. The number of pyridine rings is 1. The van der Waals surface area contributed by atoms with Gasteiger partial charge in [-0.25, -0.2) is 0 Å². The van der Waals surface area contributed by atoms with Crippen LogP contribution in [0.25, 0.3) is 0 Å². The highest BCUT2D eigenvalue weighted by Gasteiger charge is 2.28. The van der Waals surface area contributed by atoms with E-state index in [1.807, 2.05) is 48.7 Å². The number of carbonyl (C=O) groups is 1. The lowest BCUT2D eigenvalue weighted by molar-refractivity contribution is 0.103. The molecule has 0 fully saturated rings. The first kappa shape index (κ1) is 29.1. The molecule has 2 atom stereocenters. The monoisotopic (exact) mass is 577 g/mol. The second-order valence-electron chi connectivity index (χ2n) is 12.1. The molecule has 44 heavy (non-hydrogen) atoms. The zero-order valence-electron chi connectivity index (χ0n) is 26.3. The summed E-state index contributed by atoms with van der Waals surface area (Å²) in [6, 6.07) is 32.9. The number of hydrogen-bond donors (Lipinski definition) is 2. The maximum absolute atomic E-state index is 13.4. The Balaban J connectivity index is 1.53. The fraction of sp³-hybridized carbons (Fsp3) is 0.200. The minimum atomic E-state index is -0.183. The van der Waals surface area contributed by atoms with Gasteiger partial charge in [0, 0.05) is 23.1 Å². The van der Waals surface area contributed by atoms with Crippen molar-refractivity contribution >= 4 is 5.78 Å². The predicted octanol–water partition coefficient (Wildman–Crippen LogP) is 9.18. The molecular formula is C40H39N3O. The Hall–Kier alpha value is -4.96. The van der Waals surface area contributed by atoms with Crippen LogP contribution in [0.5, 0.6) is 0 Å². The van der Waals surface area contributed by atoms with Crippen LogP contribution < -0.4 is 0 Å². The molecule has 0 aliphatic carbocycles. The van der Waals surface area contributed by atoms with E-state index >= 15 is 0 Å². The van der Waals surface area contributed by atoms with Gasteiger partial charge in [0.1, 0.15) is 0 Å². The van der Waals surface area contributed by atoms with Gasteiger partial charge in [-0.1, -0.05) is 71.8 Å². The molecule has 0 bridgehead atoms. The quantitative estimate of drug-likeness (QED) is 0.177. The minimum Gasteiger partial charge on any atom is -0.364 e. The highest BCUT2D eigenvalue weighted by Crippen LogP contribution is 2.39. The number of hydrogen-bond acceptors (Lipinski definition) is 2. The fourth-order valence-electron chi connectivity index (χ4n) is 6.99. The number of aryl methyl sites for hydroxylation is 6. The minimum absolute atomic E-state index is 0.0215. The van der Waals surface area contributed by atoms with Crippen molar-refractivity contribution in [3.05, 3.63) is 182 Å². The Bertz CT molecular complexity index is 1900. The number of nitrogens with one attached hydrogen (secondary N) is 2. The van der Waals surface area contributed by atoms with Gasteiger partial charge in [0.25, 0.3) is 0 Å². The van der Waals surface area contributed by atoms with Gasteiger partial charge in [-0.2, -0.15) is 0 Å². The van der Waals surface area contributed by atoms with Gasteiger partial charge < -0.3 is 9.97 Å². The Labute approximate surface area is 260 Å². The summed E-state index contributed by atoms with van der Waals surface area (Å²) in [5, 5.41) is 0. The van der Waals surface area contributed by atoms with Gasteiger partial charge >= 0.3 is 0 Å². The molecule has 4 nitrogen and oxygen atoms in total. The van der Waals surface area contributed by atoms with Crippen LogP contribution >= 0.6 is 0 Å². The summed E-state index contributed by atoms with van der Waals surface area (Å²) >= 11 is 0. The van der Waals surface area contributed by atoms with Crippen LogP contribution in [0.2, 0.25) is 0 Å². The smallest absolute Gasteiger partial charge is 0.209 e. The third kappa shape index (κ3) is 5.56. The van der Waals surface area contributed by atoms with E-state index < -0.39 is 0 Å². The van der Waals surface area contributed by atoms with E-state index in [4.69, 9.17) is 4.98 Å². The lowest BCUT2D eigenvalue weighted by Crippen LogP contribution is -2.15. The third-order valence-corrected chi connectivity index (χ3v) is 8.67. The maximum atomic E-state index is 13.4. The van der Waals surface area contributed by atoms with E-state index in [0.717, 1.165) is 22.8 Å². The van der Waals surface area contributed by atoms with E-state index in [-0.39, 0.29) is 17.6 Å². The Kier molecular flexibility index (Phi) is 7.92. The van der Waals surface area contributed by atoms with Crippen LogP contribution in [-0.2, 0) is 0 Å². The number of rotatable bonds is 8. The van der Waals surface area contributed by atoms with Crippen LogP contribution in [-0.4, -0.2) is 20.7 Å². The SMILES string of the molecule is Cc1cc(C)c(C(c2cccc(C(c3ccc(C(=O)c4ccccc4)[nH]3)c3c(C)cc(C)cc3C)n2)c2ccc[nH]2)c(C)c1. The van der Waals surface area contributed by atoms with Crippen molar-refractivity contribution in [3.8, 4) is 0 Å². The maximum Gasteiger partial charge on any atom is 0.209 e. The summed E-state index contributed by atoms with van der Waals surface area (Å²) < 4.78 is 0. The first-order chi connectivity index (χ1) is 21.2. The van der Waals surface area contributed by atoms with Crippen LogP contribution in [0, 0.1) is 41.5 Å². The molecule has 0 spiro atoms. The van der Waals surface area contributed by atoms with Gasteiger partial charge in [0.05, 0.1) is 28.9 Å². The first-order valence-electron chi connectivity index (χ1n) is 15.3. The summed E-state index contributed by atoms with van der Waals surface area (Å²) in [5.41, 5.74) is 15.1. The number of nitrogens with zero attached hydrogens (tertiary/aromatic N) is 1. The highest BCUT2D eigenvalue weighted by molar-refractivity contribution is 6.07. The van der Waals surface area contributed by atoms with Crippen molar-refractivity contribution in [2.24, 2.45) is 0 Å². The molecule has 0 aliphatic rings. The van der Waals surface area contributed by atoms with E-state index in [0.29, 0.717) is 11.3 Å². The number of carbonyl (C=O) groups excluding carboxylic acids is 1. The zero-order chi connectivity index (χ0) is 31.0. The van der Waals surface area contributed by atoms with Crippen molar-refractivity contribution in [2.45, 2.75) is 53.4 Å². The molecule has 2 N–H and O–H groups in total. The molecule has 6 rings (SSSR count). The van der Waals surface area contributed by atoms with Gasteiger partial charge in [0.15, 0.2) is 0 Å². The average molecular weight is 578 g/mol. The van der Waals surface area contributed by atoms with Crippen LogP contribution in [0.1, 0.15) is 95.2 Å². The first-order valence-corrected chi connectivity index (χ1v) is 15.3. The number of ketones is 1. The van der Waals surface area contributed by atoms with Crippen molar-refractivity contribution in [1.82, 2.24) is 15.0 Å². The topological polar surface area (TPSA) is 61.5 Å². The highest BCUT2D eigenvalue weighted by atomic mass is 16.1. The number of benzene rings is 3. The second kappa shape index (κ2) is 12.0. The van der Waals surface area contributed by atoms with E-state index in [2.05, 4.69) is 106 Å². The molecule has 3 aromatic heterocycles. The summed E-state index contributed by atoms with van der Waals surface area (Å²) in [6.07, 6.45) is 1.98. The molecule has 2 unspecified atom stereocenters. The predicted molar refractivity (Wildman–Crippen MR) is 179 cm³/mol. The molecule has 6 aromatic rings. The van der Waals surface area contributed by atoms with E-state index in [1.165, 1.54) is 44.5 Å². The van der Waals surface area contributed by atoms with E-state index in [1.54, 1.807) is 0 Å². The lowest BCUT2D eigenvalue weighted by Gasteiger charge is -2.25. The van der Waals surface area contributed by atoms with Gasteiger partial charge in [-0.05, 0) is 111 Å². The van der Waals surface area contributed by atoms with E-state index in [9.17, 15) is 4.79 Å². The summed E-state index contributed by atoms with van der Waals surface area (Å²) in [7, 11) is 0. The Morgan fingerprint density at radius 2 is 1.14 bits per heavy atom. The number of aromatic amines is 2. The van der Waals surface area contributed by atoms with Crippen molar-refractivity contribution in [3.63, 3.8) is 0 Å². The fourth-order valence-corrected chi connectivity index (χ4v) is 6.99. The number of aromatic nitrogens is 3. The Morgan fingerprint density at radius 3 is 1.66 bits per heavy atom. The normalized spacial score (nSPS) is 12.7. The van der Waals surface area contributed by atoms with Gasteiger partial charge in [-0.15, -0.1) is 0 Å². The van der Waals surface area contributed by atoms with Crippen LogP contribution in [0.15, 0.2) is 103 Å². The van der Waals surface area contributed by atoms with Crippen molar-refractivity contribution in [2.75, 3.05) is 0 Å². The molecular weight excluding hydrogens is 538 g/mol. The standard InChI is InChI=1S/C40H39N3O/c1-24-20-26(3)36(27(4)21-24)38(31-16-11-19-41-31)32-14-10-15-33(42-32)39(37-28(5)22-25(2)23-29(37)6)34-17-18-35(43-34)40(44)30-12-8-7-9-13-30/h7-23,38-39,41,43H,1-6H3. The molecule has 0 saturated heterocycles.